The Morgan fingerprint density at radius 2 is 1.71 bits per heavy atom. The van der Waals surface area contributed by atoms with Crippen molar-refractivity contribution in [2.45, 2.75) is 43.9 Å². The van der Waals surface area contributed by atoms with Gasteiger partial charge in [-0.2, -0.15) is 0 Å². The van der Waals surface area contributed by atoms with Crippen LogP contribution in [0.2, 0.25) is 0 Å². The van der Waals surface area contributed by atoms with E-state index in [2.05, 4.69) is 5.32 Å². The van der Waals surface area contributed by atoms with Gasteiger partial charge in [-0.15, -0.1) is 0 Å². The van der Waals surface area contributed by atoms with Crippen LogP contribution in [0, 0.1) is 0 Å². The molecule has 4 heteroatoms. The van der Waals surface area contributed by atoms with Crippen molar-refractivity contribution in [1.29, 1.82) is 0 Å². The molecule has 2 aromatic carbocycles. The number of alkyl carbamates (subject to hydrolysis) is 1. The molecule has 2 N–H and O–H groups in total. The lowest BCUT2D eigenvalue weighted by molar-refractivity contribution is 0.0787. The van der Waals surface area contributed by atoms with E-state index in [9.17, 15) is 9.90 Å². The van der Waals surface area contributed by atoms with Gasteiger partial charge < -0.3 is 15.2 Å². The van der Waals surface area contributed by atoms with Crippen LogP contribution in [0.4, 0.5) is 4.79 Å². The molecule has 1 aliphatic carbocycles. The lowest BCUT2D eigenvalue weighted by atomic mass is 9.78. The fourth-order valence-corrected chi connectivity index (χ4v) is 3.38. The molecule has 3 atom stereocenters. The van der Waals surface area contributed by atoms with Crippen LogP contribution in [0.3, 0.4) is 0 Å². The molecular weight excluding hydrogens is 302 g/mol. The first-order chi connectivity index (χ1) is 11.7. The quantitative estimate of drug-likeness (QED) is 0.903. The smallest absolute Gasteiger partial charge is 0.407 e. The Morgan fingerprint density at radius 1 is 1.04 bits per heavy atom. The molecule has 2 aromatic rings. The molecule has 24 heavy (non-hydrogen) atoms. The first kappa shape index (κ1) is 16.5. The Balaban J connectivity index is 1.62. The maximum atomic E-state index is 12.2. The van der Waals surface area contributed by atoms with Crippen molar-refractivity contribution in [1.82, 2.24) is 5.32 Å². The van der Waals surface area contributed by atoms with Gasteiger partial charge in [-0.1, -0.05) is 60.7 Å². The van der Waals surface area contributed by atoms with Gasteiger partial charge in [-0.25, -0.2) is 4.79 Å². The Bertz CT molecular complexity index is 644. The van der Waals surface area contributed by atoms with Gasteiger partial charge in [0.25, 0.3) is 0 Å². The van der Waals surface area contributed by atoms with Crippen LogP contribution in [0.5, 0.6) is 0 Å². The predicted octanol–water partition coefficient (Wildman–Crippen LogP) is 3.61. The number of amides is 1. The van der Waals surface area contributed by atoms with Gasteiger partial charge in [0.15, 0.2) is 0 Å². The van der Waals surface area contributed by atoms with Gasteiger partial charge in [0.2, 0.25) is 0 Å². The fourth-order valence-electron chi connectivity index (χ4n) is 3.38. The number of ether oxygens (including phenoxy) is 1. The van der Waals surface area contributed by atoms with Crippen LogP contribution in [-0.4, -0.2) is 23.3 Å². The van der Waals surface area contributed by atoms with Gasteiger partial charge in [-0.3, -0.25) is 0 Å². The molecule has 126 valence electrons. The van der Waals surface area contributed by atoms with E-state index in [1.54, 1.807) is 0 Å². The molecule has 1 fully saturated rings. The molecule has 0 spiro atoms. The molecular formula is C20H23NO3. The molecule has 4 nitrogen and oxygen atoms in total. The Kier molecular flexibility index (Phi) is 5.49. The summed E-state index contributed by atoms with van der Waals surface area (Å²) in [6.07, 6.45) is 1.63. The molecule has 1 saturated carbocycles. The lowest BCUT2D eigenvalue weighted by Crippen LogP contribution is -2.46. The first-order valence-corrected chi connectivity index (χ1v) is 8.44. The van der Waals surface area contributed by atoms with Gasteiger partial charge in [0.1, 0.15) is 6.61 Å². The van der Waals surface area contributed by atoms with E-state index in [4.69, 9.17) is 4.74 Å². The maximum Gasteiger partial charge on any atom is 0.407 e. The topological polar surface area (TPSA) is 58.6 Å². The van der Waals surface area contributed by atoms with Gasteiger partial charge in [-0.05, 0) is 30.4 Å². The summed E-state index contributed by atoms with van der Waals surface area (Å²) in [5.74, 6) is -0.0933. The van der Waals surface area contributed by atoms with Crippen LogP contribution in [0.15, 0.2) is 60.7 Å². The zero-order valence-corrected chi connectivity index (χ0v) is 13.6. The SMILES string of the molecule is O=C(N[C@H]1CCC[C@H](O)[C@@H]1c1ccccc1)OCc1ccccc1. The maximum absolute atomic E-state index is 12.2. The molecule has 1 aliphatic rings. The molecule has 3 rings (SSSR count). The van der Waals surface area contributed by atoms with E-state index in [1.165, 1.54) is 0 Å². The van der Waals surface area contributed by atoms with Gasteiger partial charge in [0, 0.05) is 12.0 Å². The van der Waals surface area contributed by atoms with Crippen LogP contribution in [0.1, 0.15) is 36.3 Å². The van der Waals surface area contributed by atoms with E-state index in [1.807, 2.05) is 60.7 Å². The summed E-state index contributed by atoms with van der Waals surface area (Å²) in [5, 5.41) is 13.4. The summed E-state index contributed by atoms with van der Waals surface area (Å²) in [6.45, 7) is 0.248. The average molecular weight is 325 g/mol. The van der Waals surface area contributed by atoms with Crippen LogP contribution < -0.4 is 5.32 Å². The highest BCUT2D eigenvalue weighted by atomic mass is 16.5. The van der Waals surface area contributed by atoms with E-state index < -0.39 is 12.2 Å². The Morgan fingerprint density at radius 3 is 2.42 bits per heavy atom. The van der Waals surface area contributed by atoms with E-state index in [0.717, 1.165) is 30.4 Å². The molecule has 0 unspecified atom stereocenters. The number of hydrogen-bond donors (Lipinski definition) is 2. The third kappa shape index (κ3) is 4.15. The second-order valence-corrected chi connectivity index (χ2v) is 6.25. The van der Waals surface area contributed by atoms with Crippen LogP contribution in [-0.2, 0) is 11.3 Å². The zero-order valence-electron chi connectivity index (χ0n) is 13.6. The predicted molar refractivity (Wildman–Crippen MR) is 92.6 cm³/mol. The summed E-state index contributed by atoms with van der Waals surface area (Å²) in [4.78, 5) is 12.2. The minimum Gasteiger partial charge on any atom is -0.445 e. The number of carbonyl (C=O) groups excluding carboxylic acids is 1. The van der Waals surface area contributed by atoms with Gasteiger partial charge >= 0.3 is 6.09 Å². The fraction of sp³-hybridized carbons (Fsp3) is 0.350. The van der Waals surface area contributed by atoms with E-state index >= 15 is 0 Å². The molecule has 0 saturated heterocycles. The number of aliphatic hydroxyl groups excluding tert-OH is 1. The highest BCUT2D eigenvalue weighted by molar-refractivity contribution is 5.67. The highest BCUT2D eigenvalue weighted by Crippen LogP contribution is 2.33. The van der Waals surface area contributed by atoms with Crippen molar-refractivity contribution in [2.24, 2.45) is 0 Å². The van der Waals surface area contributed by atoms with Crippen molar-refractivity contribution >= 4 is 6.09 Å². The second-order valence-electron chi connectivity index (χ2n) is 6.25. The van der Waals surface area contributed by atoms with Crippen molar-refractivity contribution in [3.63, 3.8) is 0 Å². The summed E-state index contributed by atoms with van der Waals surface area (Å²) < 4.78 is 5.32. The van der Waals surface area contributed by atoms with Crippen molar-refractivity contribution < 1.29 is 14.6 Å². The number of aliphatic hydroxyl groups is 1. The number of carbonyl (C=O) groups is 1. The highest BCUT2D eigenvalue weighted by Gasteiger charge is 2.34. The summed E-state index contributed by atoms with van der Waals surface area (Å²) in [6, 6.07) is 19.4. The normalized spacial score (nSPS) is 23.5. The number of rotatable bonds is 4. The number of hydrogen-bond acceptors (Lipinski definition) is 3. The number of nitrogens with one attached hydrogen (secondary N) is 1. The largest absolute Gasteiger partial charge is 0.445 e. The van der Waals surface area contributed by atoms with Crippen LogP contribution >= 0.6 is 0 Å². The van der Waals surface area contributed by atoms with Crippen LogP contribution in [0.25, 0.3) is 0 Å². The third-order valence-electron chi connectivity index (χ3n) is 4.56. The van der Waals surface area contributed by atoms with E-state index in [0.29, 0.717) is 0 Å². The molecule has 0 bridgehead atoms. The van der Waals surface area contributed by atoms with E-state index in [-0.39, 0.29) is 18.6 Å². The Labute approximate surface area is 142 Å². The molecule has 0 aromatic heterocycles. The minimum absolute atomic E-state index is 0.0933. The van der Waals surface area contributed by atoms with Gasteiger partial charge in [0.05, 0.1) is 6.10 Å². The third-order valence-corrected chi connectivity index (χ3v) is 4.56. The van der Waals surface area contributed by atoms with Crippen molar-refractivity contribution in [3.8, 4) is 0 Å². The monoisotopic (exact) mass is 325 g/mol. The van der Waals surface area contributed by atoms with Crippen molar-refractivity contribution in [2.75, 3.05) is 0 Å². The molecule has 0 radical (unpaired) electrons. The summed E-state index contributed by atoms with van der Waals surface area (Å²) in [5.41, 5.74) is 2.01. The average Bonchev–Trinajstić information content (AvgIpc) is 2.62. The molecule has 0 aliphatic heterocycles. The number of benzene rings is 2. The second kappa shape index (κ2) is 7.97. The standard InChI is InChI=1S/C20H23NO3/c22-18-13-7-12-17(19(18)16-10-5-2-6-11-16)21-20(23)24-14-15-8-3-1-4-9-15/h1-6,8-11,17-19,22H,7,12-14H2,(H,21,23)/t17-,18-,19+/m0/s1. The molecule has 1 amide bonds. The summed E-state index contributed by atoms with van der Waals surface area (Å²) >= 11 is 0. The molecule has 0 heterocycles. The van der Waals surface area contributed by atoms with Crippen molar-refractivity contribution in [3.05, 3.63) is 71.8 Å². The minimum atomic E-state index is -0.444. The zero-order chi connectivity index (χ0) is 16.8. The lowest BCUT2D eigenvalue weighted by Gasteiger charge is -2.36. The first-order valence-electron chi connectivity index (χ1n) is 8.44. The summed E-state index contributed by atoms with van der Waals surface area (Å²) in [7, 11) is 0. The Hall–Kier alpha value is -2.33.